The molecule has 0 spiro atoms. The Morgan fingerprint density at radius 3 is 2.09 bits per heavy atom. The first-order chi connectivity index (χ1) is 15.9. The number of rotatable bonds is 10. The fourth-order valence-corrected chi connectivity index (χ4v) is 4.11. The van der Waals surface area contributed by atoms with Crippen LogP contribution in [-0.4, -0.2) is 55.0 Å². The van der Waals surface area contributed by atoms with Gasteiger partial charge in [0, 0.05) is 13.0 Å². The number of fused-ring (bicyclic) bond motifs is 3. The Bertz CT molecular complexity index is 962. The highest BCUT2D eigenvalue weighted by atomic mass is 16.5. The number of alkyl carbamates (subject to hydrolysis) is 1. The molecule has 3 N–H and O–H groups in total. The van der Waals surface area contributed by atoms with Crippen LogP contribution in [0.4, 0.5) is 4.79 Å². The Morgan fingerprint density at radius 1 is 1.00 bits per heavy atom. The summed E-state index contributed by atoms with van der Waals surface area (Å²) in [5.41, 5.74) is 4.43. The van der Waals surface area contributed by atoms with Crippen molar-refractivity contribution in [1.82, 2.24) is 10.6 Å². The molecule has 8 heteroatoms. The van der Waals surface area contributed by atoms with Gasteiger partial charge in [-0.25, -0.2) is 9.59 Å². The molecule has 0 bridgehead atoms. The van der Waals surface area contributed by atoms with Crippen molar-refractivity contribution in [2.24, 2.45) is 0 Å². The number of carbonyl (C=O) groups excluding carboxylic acids is 2. The van der Waals surface area contributed by atoms with E-state index in [1.54, 1.807) is 6.92 Å². The van der Waals surface area contributed by atoms with Gasteiger partial charge in [0.25, 0.3) is 0 Å². The number of aliphatic carboxylic acids is 1. The maximum Gasteiger partial charge on any atom is 0.407 e. The Morgan fingerprint density at radius 2 is 1.58 bits per heavy atom. The van der Waals surface area contributed by atoms with E-state index in [1.165, 1.54) is 7.11 Å². The highest BCUT2D eigenvalue weighted by molar-refractivity contribution is 5.89. The summed E-state index contributed by atoms with van der Waals surface area (Å²) in [5, 5.41) is 14.4. The maximum absolute atomic E-state index is 12.7. The third-order valence-electron chi connectivity index (χ3n) is 5.93. The van der Waals surface area contributed by atoms with Gasteiger partial charge in [0.15, 0.2) is 6.04 Å². The van der Waals surface area contributed by atoms with Crippen LogP contribution in [0.3, 0.4) is 0 Å². The summed E-state index contributed by atoms with van der Waals surface area (Å²) < 4.78 is 10.6. The van der Waals surface area contributed by atoms with Gasteiger partial charge in [0.1, 0.15) is 12.6 Å². The molecular weight excluding hydrogens is 424 g/mol. The Hall–Kier alpha value is -3.39. The summed E-state index contributed by atoms with van der Waals surface area (Å²) in [5.74, 6) is -1.91. The Kier molecular flexibility index (Phi) is 8.06. The number of benzene rings is 2. The summed E-state index contributed by atoms with van der Waals surface area (Å²) in [6.45, 7) is 3.54. The van der Waals surface area contributed by atoms with Crippen LogP contribution in [0.5, 0.6) is 0 Å². The number of amides is 2. The molecule has 3 atom stereocenters. The second kappa shape index (κ2) is 11.0. The lowest BCUT2D eigenvalue weighted by molar-refractivity contribution is -0.145. The predicted octanol–water partition coefficient (Wildman–Crippen LogP) is 3.30. The van der Waals surface area contributed by atoms with Crippen molar-refractivity contribution < 1.29 is 29.0 Å². The van der Waals surface area contributed by atoms with Crippen LogP contribution in [-0.2, 0) is 19.1 Å². The highest BCUT2D eigenvalue weighted by Crippen LogP contribution is 2.44. The predicted molar refractivity (Wildman–Crippen MR) is 123 cm³/mol. The number of ether oxygens (including phenoxy) is 2. The van der Waals surface area contributed by atoms with E-state index in [9.17, 15) is 19.5 Å². The zero-order valence-electron chi connectivity index (χ0n) is 19.0. The van der Waals surface area contributed by atoms with Crippen molar-refractivity contribution in [2.75, 3.05) is 13.7 Å². The smallest absolute Gasteiger partial charge is 0.407 e. The summed E-state index contributed by atoms with van der Waals surface area (Å²) in [4.78, 5) is 36.7. The molecule has 1 aliphatic carbocycles. The first-order valence-electron chi connectivity index (χ1n) is 11.0. The molecule has 33 heavy (non-hydrogen) atoms. The molecule has 0 aromatic heterocycles. The van der Waals surface area contributed by atoms with E-state index in [1.807, 2.05) is 43.3 Å². The van der Waals surface area contributed by atoms with Crippen LogP contribution in [0.25, 0.3) is 11.1 Å². The lowest BCUT2D eigenvalue weighted by Crippen LogP contribution is -2.55. The van der Waals surface area contributed by atoms with Gasteiger partial charge in [-0.1, -0.05) is 61.9 Å². The molecule has 176 valence electrons. The largest absolute Gasteiger partial charge is 0.480 e. The fourth-order valence-electron chi connectivity index (χ4n) is 4.11. The number of methoxy groups -OCH3 is 1. The van der Waals surface area contributed by atoms with Gasteiger partial charge in [0.2, 0.25) is 5.91 Å². The van der Waals surface area contributed by atoms with E-state index < -0.39 is 36.2 Å². The number of hydrogen-bond acceptors (Lipinski definition) is 5. The molecule has 1 aliphatic rings. The van der Waals surface area contributed by atoms with Crippen molar-refractivity contribution >= 4 is 18.0 Å². The molecule has 0 unspecified atom stereocenters. The van der Waals surface area contributed by atoms with Crippen molar-refractivity contribution in [3.05, 3.63) is 59.7 Å². The van der Waals surface area contributed by atoms with Crippen LogP contribution in [0.2, 0.25) is 0 Å². The second-order valence-corrected chi connectivity index (χ2v) is 8.08. The van der Waals surface area contributed by atoms with Crippen LogP contribution >= 0.6 is 0 Å². The molecule has 8 nitrogen and oxygen atoms in total. The van der Waals surface area contributed by atoms with E-state index in [2.05, 4.69) is 22.8 Å². The average molecular weight is 455 g/mol. The lowest BCUT2D eigenvalue weighted by atomic mass is 9.98. The standard InChI is InChI=1S/C25H30N2O6/c1-4-9-21(23(28)27-22(24(29)30)15(2)32-3)26-25(31)33-14-20-18-12-7-5-10-16(18)17-11-6-8-13-19(17)20/h5-8,10-13,15,20-22H,4,9,14H2,1-3H3,(H,26,31)(H,27,28)(H,29,30)/t15-,21-,22+/m1/s1. The number of carbonyl (C=O) groups is 3. The molecule has 3 rings (SSSR count). The first-order valence-corrected chi connectivity index (χ1v) is 11.0. The monoisotopic (exact) mass is 454 g/mol. The van der Waals surface area contributed by atoms with E-state index >= 15 is 0 Å². The van der Waals surface area contributed by atoms with Gasteiger partial charge in [-0.05, 0) is 35.6 Å². The third-order valence-corrected chi connectivity index (χ3v) is 5.93. The van der Waals surface area contributed by atoms with Gasteiger partial charge in [-0.15, -0.1) is 0 Å². The summed E-state index contributed by atoms with van der Waals surface area (Å²) in [7, 11) is 1.37. The molecule has 0 radical (unpaired) electrons. The Labute approximate surface area is 193 Å². The van der Waals surface area contributed by atoms with Crippen molar-refractivity contribution in [2.45, 2.75) is 50.8 Å². The molecule has 2 aromatic rings. The first kappa shape index (κ1) is 24.3. The average Bonchev–Trinajstić information content (AvgIpc) is 3.13. The van der Waals surface area contributed by atoms with Gasteiger partial charge >= 0.3 is 12.1 Å². The van der Waals surface area contributed by atoms with E-state index in [0.29, 0.717) is 12.8 Å². The molecule has 0 aliphatic heterocycles. The van der Waals surface area contributed by atoms with Crippen LogP contribution in [0.15, 0.2) is 48.5 Å². The summed E-state index contributed by atoms with van der Waals surface area (Å²) in [6, 6.07) is 13.9. The van der Waals surface area contributed by atoms with Crippen molar-refractivity contribution in [3.8, 4) is 11.1 Å². The maximum atomic E-state index is 12.7. The van der Waals surface area contributed by atoms with Gasteiger partial charge in [-0.2, -0.15) is 0 Å². The number of hydrogen-bond donors (Lipinski definition) is 3. The van der Waals surface area contributed by atoms with E-state index in [0.717, 1.165) is 22.3 Å². The quantitative estimate of drug-likeness (QED) is 0.508. The van der Waals surface area contributed by atoms with Crippen molar-refractivity contribution in [3.63, 3.8) is 0 Å². The number of carboxylic acid groups (broad SMARTS) is 1. The zero-order valence-corrected chi connectivity index (χ0v) is 19.0. The molecular formula is C25H30N2O6. The normalized spacial score (nSPS) is 15.0. The molecule has 0 heterocycles. The number of nitrogens with one attached hydrogen (secondary N) is 2. The number of carboxylic acids is 1. The second-order valence-electron chi connectivity index (χ2n) is 8.08. The van der Waals surface area contributed by atoms with Gasteiger partial charge in [-0.3, -0.25) is 4.79 Å². The molecule has 0 saturated heterocycles. The van der Waals surface area contributed by atoms with E-state index in [-0.39, 0.29) is 12.5 Å². The van der Waals surface area contributed by atoms with Gasteiger partial charge < -0.3 is 25.2 Å². The van der Waals surface area contributed by atoms with Crippen LogP contribution in [0.1, 0.15) is 43.7 Å². The minimum atomic E-state index is -1.23. The molecule has 0 fully saturated rings. The van der Waals surface area contributed by atoms with Crippen molar-refractivity contribution in [1.29, 1.82) is 0 Å². The highest BCUT2D eigenvalue weighted by Gasteiger charge is 2.32. The topological polar surface area (TPSA) is 114 Å². The minimum Gasteiger partial charge on any atom is -0.480 e. The molecule has 2 aromatic carbocycles. The minimum absolute atomic E-state index is 0.0967. The summed E-state index contributed by atoms with van der Waals surface area (Å²) >= 11 is 0. The third kappa shape index (κ3) is 5.51. The van der Waals surface area contributed by atoms with Crippen LogP contribution in [0, 0.1) is 0 Å². The summed E-state index contributed by atoms with van der Waals surface area (Å²) in [6.07, 6.45) is -0.511. The zero-order chi connectivity index (χ0) is 24.0. The van der Waals surface area contributed by atoms with Crippen LogP contribution < -0.4 is 10.6 Å². The lowest BCUT2D eigenvalue weighted by Gasteiger charge is -2.24. The van der Waals surface area contributed by atoms with Gasteiger partial charge in [0.05, 0.1) is 6.10 Å². The SMILES string of the molecule is CCC[C@@H](NC(=O)OCC1c2ccccc2-c2ccccc21)C(=O)N[C@H](C(=O)O)[C@@H](C)OC. The molecule has 0 saturated carbocycles. The fraction of sp³-hybridized carbons (Fsp3) is 0.400. The Balaban J connectivity index is 1.65. The molecule has 2 amide bonds. The van der Waals surface area contributed by atoms with E-state index in [4.69, 9.17) is 9.47 Å².